The van der Waals surface area contributed by atoms with Gasteiger partial charge in [-0.1, -0.05) is 72.3 Å². The van der Waals surface area contributed by atoms with Gasteiger partial charge in [0.05, 0.1) is 0 Å². The lowest BCUT2D eigenvalue weighted by Gasteiger charge is -2.58. The first-order chi connectivity index (χ1) is 14.2. The predicted octanol–water partition coefficient (Wildman–Crippen LogP) is 9.08. The molecule has 1 unspecified atom stereocenters. The molecule has 0 heterocycles. The summed E-state index contributed by atoms with van der Waals surface area (Å²) in [5, 5.41) is 0. The lowest BCUT2D eigenvalue weighted by atomic mass is 9.46. The predicted molar refractivity (Wildman–Crippen MR) is 131 cm³/mol. The molecule has 4 rings (SSSR count). The first-order valence-corrected chi connectivity index (χ1v) is 13.6. The summed E-state index contributed by atoms with van der Waals surface area (Å²) in [4.78, 5) is 0. The minimum absolute atomic E-state index is 0.534. The zero-order chi connectivity index (χ0) is 21.7. The van der Waals surface area contributed by atoms with Crippen molar-refractivity contribution in [3.8, 4) is 0 Å². The van der Waals surface area contributed by atoms with Crippen LogP contribution in [-0.4, -0.2) is 0 Å². The largest absolute Gasteiger partial charge is 0.0851 e. The molecule has 0 nitrogen and oxygen atoms in total. The van der Waals surface area contributed by atoms with E-state index in [-0.39, 0.29) is 0 Å². The molecule has 0 aromatic rings. The highest BCUT2D eigenvalue weighted by atomic mass is 14.6. The summed E-state index contributed by atoms with van der Waals surface area (Å²) in [5.74, 6) is 6.98. The van der Waals surface area contributed by atoms with Gasteiger partial charge in [0.15, 0.2) is 0 Å². The molecule has 0 N–H and O–H groups in total. The van der Waals surface area contributed by atoms with Gasteiger partial charge in [-0.2, -0.15) is 0 Å². The molecular weight excluding hydrogens is 360 g/mol. The van der Waals surface area contributed by atoms with Crippen LogP contribution < -0.4 is 0 Å². The maximum absolute atomic E-state index is 2.74. The second-order valence-electron chi connectivity index (χ2n) is 12.9. The summed E-state index contributed by atoms with van der Waals surface area (Å²) in [6, 6.07) is 0. The number of fused-ring (bicyclic) bond motifs is 5. The Kier molecular flexibility index (Phi) is 6.38. The second kappa shape index (κ2) is 8.44. The molecule has 0 aliphatic heterocycles. The van der Waals surface area contributed by atoms with Crippen LogP contribution >= 0.6 is 0 Å². The van der Waals surface area contributed by atoms with Crippen molar-refractivity contribution < 1.29 is 0 Å². The molecule has 0 aromatic heterocycles. The molecule has 30 heavy (non-hydrogen) atoms. The molecule has 9 atom stereocenters. The quantitative estimate of drug-likeness (QED) is 0.396. The molecule has 0 aromatic carbocycles. The monoisotopic (exact) mass is 410 g/mol. The highest BCUT2D eigenvalue weighted by Gasteiger charge is 2.58. The van der Waals surface area contributed by atoms with Crippen LogP contribution in [0.15, 0.2) is 23.8 Å². The average molecular weight is 411 g/mol. The van der Waals surface area contributed by atoms with Crippen LogP contribution in [0.2, 0.25) is 0 Å². The normalized spacial score (nSPS) is 45.6. The Bertz CT molecular complexity index is 668. The topological polar surface area (TPSA) is 0 Å². The van der Waals surface area contributed by atoms with E-state index >= 15 is 0 Å². The van der Waals surface area contributed by atoms with E-state index in [0.717, 1.165) is 47.3 Å². The zero-order valence-corrected chi connectivity index (χ0v) is 21.2. The molecule has 0 radical (unpaired) electrons. The van der Waals surface area contributed by atoms with Crippen molar-refractivity contribution in [2.75, 3.05) is 0 Å². The van der Waals surface area contributed by atoms with Gasteiger partial charge >= 0.3 is 0 Å². The van der Waals surface area contributed by atoms with Crippen molar-refractivity contribution in [3.63, 3.8) is 0 Å². The molecule has 3 saturated carbocycles. The lowest BCUT2D eigenvalue weighted by molar-refractivity contribution is -0.0486. The Morgan fingerprint density at radius 3 is 2.47 bits per heavy atom. The molecule has 0 amide bonds. The van der Waals surface area contributed by atoms with Crippen molar-refractivity contribution in [1.29, 1.82) is 0 Å². The smallest absolute Gasteiger partial charge is 0.00851 e. The Hall–Kier alpha value is -0.520. The fourth-order valence-corrected chi connectivity index (χ4v) is 9.03. The summed E-state index contributed by atoms with van der Waals surface area (Å²) in [6.07, 6.45) is 20.9. The standard InChI is InChI=1S/C30H50/c1-8-23(20(2)3)10-9-22(5)26-13-14-27-25-12-11-24-19-21(4)15-17-29(24,6)28(25)16-18-30(26,27)7/h9-11,20-23,25-28H,8,12-19H2,1-7H3/t21-,22+,23+,25?,26+,27-,28-,29-,30+/m0/s1. The second-order valence-corrected chi connectivity index (χ2v) is 12.9. The highest BCUT2D eigenvalue weighted by molar-refractivity contribution is 5.25. The van der Waals surface area contributed by atoms with Gasteiger partial charge in [0.25, 0.3) is 0 Å². The Morgan fingerprint density at radius 1 is 1.00 bits per heavy atom. The third-order valence-electron chi connectivity index (χ3n) is 11.0. The molecule has 0 bridgehead atoms. The summed E-state index contributed by atoms with van der Waals surface area (Å²) in [7, 11) is 0. The maximum atomic E-state index is 2.74. The number of hydrogen-bond acceptors (Lipinski definition) is 0. The fraction of sp³-hybridized carbons (Fsp3) is 0.867. The van der Waals surface area contributed by atoms with Gasteiger partial charge in [0, 0.05) is 0 Å². The maximum Gasteiger partial charge on any atom is -0.00851 e. The molecule has 170 valence electrons. The summed E-state index contributed by atoms with van der Waals surface area (Å²) in [6.45, 7) is 17.5. The Morgan fingerprint density at radius 2 is 1.77 bits per heavy atom. The van der Waals surface area contributed by atoms with E-state index in [9.17, 15) is 0 Å². The minimum atomic E-state index is 0.534. The van der Waals surface area contributed by atoms with E-state index in [0.29, 0.717) is 10.8 Å². The van der Waals surface area contributed by atoms with Gasteiger partial charge in [0.2, 0.25) is 0 Å². The van der Waals surface area contributed by atoms with Crippen molar-refractivity contribution in [2.45, 2.75) is 106 Å². The van der Waals surface area contributed by atoms with Crippen molar-refractivity contribution >= 4 is 0 Å². The molecule has 0 heteroatoms. The van der Waals surface area contributed by atoms with E-state index in [1.54, 1.807) is 0 Å². The Balaban J connectivity index is 1.52. The number of hydrogen-bond donors (Lipinski definition) is 0. The molecule has 0 saturated heterocycles. The first kappa shape index (κ1) is 22.7. The van der Waals surface area contributed by atoms with Crippen LogP contribution in [0.4, 0.5) is 0 Å². The number of allylic oxidation sites excluding steroid dienone is 4. The van der Waals surface area contributed by atoms with Crippen molar-refractivity contribution in [2.24, 2.45) is 58.2 Å². The first-order valence-electron chi connectivity index (χ1n) is 13.6. The van der Waals surface area contributed by atoms with Crippen LogP contribution in [0, 0.1) is 58.2 Å². The average Bonchev–Trinajstić information content (AvgIpc) is 3.06. The molecule has 4 aliphatic carbocycles. The summed E-state index contributed by atoms with van der Waals surface area (Å²) < 4.78 is 0. The number of rotatable bonds is 5. The van der Waals surface area contributed by atoms with E-state index < -0.39 is 0 Å². The van der Waals surface area contributed by atoms with Gasteiger partial charge in [-0.3, -0.25) is 0 Å². The van der Waals surface area contributed by atoms with Gasteiger partial charge in [0.1, 0.15) is 0 Å². The highest BCUT2D eigenvalue weighted by Crippen LogP contribution is 2.67. The van der Waals surface area contributed by atoms with E-state index in [1.807, 2.05) is 5.57 Å². The van der Waals surface area contributed by atoms with Crippen LogP contribution in [-0.2, 0) is 0 Å². The van der Waals surface area contributed by atoms with Crippen molar-refractivity contribution in [1.82, 2.24) is 0 Å². The fourth-order valence-electron chi connectivity index (χ4n) is 9.03. The SMILES string of the molecule is CC[C@H](C=C[C@@H](C)[C@H]1CC[C@H]2C3CC=C4C[C@@H](C)CC[C@]4(C)[C@H]3CC[C@]12C)C(C)C. The van der Waals surface area contributed by atoms with Gasteiger partial charge in [-0.05, 0) is 116 Å². The lowest BCUT2D eigenvalue weighted by Crippen LogP contribution is -2.50. The zero-order valence-electron chi connectivity index (χ0n) is 21.2. The van der Waals surface area contributed by atoms with Gasteiger partial charge < -0.3 is 0 Å². The van der Waals surface area contributed by atoms with E-state index in [1.165, 1.54) is 57.8 Å². The van der Waals surface area contributed by atoms with Crippen LogP contribution in [0.3, 0.4) is 0 Å². The van der Waals surface area contributed by atoms with Crippen molar-refractivity contribution in [3.05, 3.63) is 23.8 Å². The third kappa shape index (κ3) is 3.67. The van der Waals surface area contributed by atoms with Crippen LogP contribution in [0.5, 0.6) is 0 Å². The van der Waals surface area contributed by atoms with Crippen LogP contribution in [0.1, 0.15) is 106 Å². The van der Waals surface area contributed by atoms with Crippen LogP contribution in [0.25, 0.3) is 0 Å². The minimum Gasteiger partial charge on any atom is -0.0851 e. The summed E-state index contributed by atoms with van der Waals surface area (Å²) in [5.41, 5.74) is 2.97. The third-order valence-corrected chi connectivity index (χ3v) is 11.0. The molecule has 3 fully saturated rings. The molecule has 0 spiro atoms. The van der Waals surface area contributed by atoms with Gasteiger partial charge in [-0.25, -0.2) is 0 Å². The molecular formula is C30H50. The Labute approximate surface area is 188 Å². The summed E-state index contributed by atoms with van der Waals surface area (Å²) >= 11 is 0. The van der Waals surface area contributed by atoms with E-state index in [4.69, 9.17) is 0 Å². The van der Waals surface area contributed by atoms with Gasteiger partial charge in [-0.15, -0.1) is 0 Å². The molecule has 4 aliphatic rings. The van der Waals surface area contributed by atoms with E-state index in [2.05, 4.69) is 66.7 Å².